The molecule has 0 spiro atoms. The molecule has 3 heterocycles. The topological polar surface area (TPSA) is 72.5 Å². The molecule has 0 bridgehead atoms. The summed E-state index contributed by atoms with van der Waals surface area (Å²) in [7, 11) is 5.45. The average Bonchev–Trinajstić information content (AvgIpc) is 3.49. The second-order valence-corrected chi connectivity index (χ2v) is 7.23. The number of aliphatic imine (C=N–C) groups is 1. The molecule has 1 aromatic carbocycles. The molecule has 3 aromatic rings. The van der Waals surface area contributed by atoms with E-state index < -0.39 is 0 Å². The molecule has 29 heavy (non-hydrogen) atoms. The van der Waals surface area contributed by atoms with E-state index >= 15 is 0 Å². The maximum absolute atomic E-state index is 5.21. The monoisotopic (exact) mass is 393 g/mol. The van der Waals surface area contributed by atoms with E-state index in [0.29, 0.717) is 12.5 Å². The first-order valence-electron chi connectivity index (χ1n) is 9.79. The van der Waals surface area contributed by atoms with Gasteiger partial charge in [0.05, 0.1) is 31.2 Å². The predicted octanol–water partition coefficient (Wildman–Crippen LogP) is 2.18. The minimum atomic E-state index is 0.497. The third-order valence-electron chi connectivity index (χ3n) is 5.30. The number of aromatic nitrogens is 4. The number of benzene rings is 1. The van der Waals surface area contributed by atoms with Crippen molar-refractivity contribution in [3.63, 3.8) is 0 Å². The number of hydrogen-bond acceptors (Lipinski definition) is 4. The molecule has 1 fully saturated rings. The second kappa shape index (κ2) is 8.38. The number of nitrogens with one attached hydrogen (secondary N) is 1. The van der Waals surface area contributed by atoms with Crippen LogP contribution >= 0.6 is 0 Å². The fraction of sp³-hybridized carbons (Fsp3) is 0.381. The summed E-state index contributed by atoms with van der Waals surface area (Å²) >= 11 is 0. The Morgan fingerprint density at radius 3 is 2.79 bits per heavy atom. The van der Waals surface area contributed by atoms with Crippen molar-refractivity contribution < 1.29 is 4.74 Å². The summed E-state index contributed by atoms with van der Waals surface area (Å²) in [5.74, 6) is 2.24. The second-order valence-electron chi connectivity index (χ2n) is 7.23. The van der Waals surface area contributed by atoms with Gasteiger partial charge in [0.1, 0.15) is 5.75 Å². The number of rotatable bonds is 5. The van der Waals surface area contributed by atoms with Crippen molar-refractivity contribution in [1.29, 1.82) is 0 Å². The zero-order chi connectivity index (χ0) is 20.2. The van der Waals surface area contributed by atoms with E-state index in [9.17, 15) is 0 Å². The van der Waals surface area contributed by atoms with Gasteiger partial charge in [0.15, 0.2) is 5.96 Å². The molecule has 1 aliphatic heterocycles. The highest BCUT2D eigenvalue weighted by Gasteiger charge is 2.26. The first-order chi connectivity index (χ1) is 14.2. The molecule has 8 heteroatoms. The molecule has 1 unspecified atom stereocenters. The van der Waals surface area contributed by atoms with E-state index in [1.54, 1.807) is 7.11 Å². The normalized spacial score (nSPS) is 17.0. The molecule has 4 rings (SSSR count). The van der Waals surface area contributed by atoms with Crippen molar-refractivity contribution in [3.8, 4) is 11.4 Å². The van der Waals surface area contributed by atoms with Crippen LogP contribution in [-0.2, 0) is 13.6 Å². The molecule has 1 N–H and O–H groups in total. The molecule has 0 amide bonds. The highest BCUT2D eigenvalue weighted by atomic mass is 16.5. The number of methoxy groups -OCH3 is 1. The van der Waals surface area contributed by atoms with Gasteiger partial charge < -0.3 is 15.0 Å². The van der Waals surface area contributed by atoms with E-state index in [1.807, 2.05) is 66.2 Å². The van der Waals surface area contributed by atoms with Gasteiger partial charge in [-0.1, -0.05) is 0 Å². The zero-order valence-electron chi connectivity index (χ0n) is 17.1. The Hall–Kier alpha value is -3.29. The lowest BCUT2D eigenvalue weighted by molar-refractivity contribution is 0.414. The molecule has 152 valence electrons. The lowest BCUT2D eigenvalue weighted by Gasteiger charge is -2.21. The molecular formula is C21H27N7O. The number of guanidine groups is 1. The fourth-order valence-corrected chi connectivity index (χ4v) is 3.71. The van der Waals surface area contributed by atoms with E-state index in [-0.39, 0.29) is 0 Å². The highest BCUT2D eigenvalue weighted by Crippen LogP contribution is 2.26. The number of nitrogens with zero attached hydrogens (tertiary/aromatic N) is 6. The highest BCUT2D eigenvalue weighted by molar-refractivity contribution is 5.80. The van der Waals surface area contributed by atoms with Gasteiger partial charge in [-0.2, -0.15) is 10.2 Å². The van der Waals surface area contributed by atoms with Gasteiger partial charge in [0.25, 0.3) is 0 Å². The van der Waals surface area contributed by atoms with Crippen LogP contribution in [0, 0.1) is 0 Å². The largest absolute Gasteiger partial charge is 0.497 e. The quantitative estimate of drug-likeness (QED) is 0.531. The summed E-state index contributed by atoms with van der Waals surface area (Å²) in [6, 6.07) is 9.87. The van der Waals surface area contributed by atoms with Crippen LogP contribution in [0.3, 0.4) is 0 Å². The smallest absolute Gasteiger partial charge is 0.193 e. The van der Waals surface area contributed by atoms with Gasteiger partial charge >= 0.3 is 0 Å². The summed E-state index contributed by atoms with van der Waals surface area (Å²) < 4.78 is 8.94. The lowest BCUT2D eigenvalue weighted by atomic mass is 10.0. The maximum Gasteiger partial charge on any atom is 0.193 e. The molecule has 1 aliphatic rings. The maximum atomic E-state index is 5.21. The molecular weight excluding hydrogens is 366 g/mol. The van der Waals surface area contributed by atoms with Crippen LogP contribution in [0.25, 0.3) is 5.69 Å². The number of hydrogen-bond donors (Lipinski definition) is 1. The minimum Gasteiger partial charge on any atom is -0.497 e. The SMILES string of the molecule is CN=C(NCc1ccn(-c2ccc(OC)cc2)n1)N1CCC(c2cnn(C)c2)C1. The number of ether oxygens (including phenoxy) is 1. The minimum absolute atomic E-state index is 0.497. The first kappa shape index (κ1) is 19.0. The lowest BCUT2D eigenvalue weighted by Crippen LogP contribution is -2.39. The summed E-state index contributed by atoms with van der Waals surface area (Å²) in [6.07, 6.45) is 7.15. The summed E-state index contributed by atoms with van der Waals surface area (Å²) in [5.41, 5.74) is 3.26. The van der Waals surface area contributed by atoms with Crippen LogP contribution in [0.15, 0.2) is 53.9 Å². The van der Waals surface area contributed by atoms with E-state index in [0.717, 1.165) is 42.6 Å². The molecule has 0 aliphatic carbocycles. The average molecular weight is 393 g/mol. The van der Waals surface area contributed by atoms with Crippen LogP contribution in [0.2, 0.25) is 0 Å². The van der Waals surface area contributed by atoms with Gasteiger partial charge in [0, 0.05) is 45.5 Å². The molecule has 0 saturated carbocycles. The van der Waals surface area contributed by atoms with Gasteiger partial charge in [0.2, 0.25) is 0 Å². The Labute approximate surface area is 170 Å². The number of likely N-dealkylation sites (tertiary alicyclic amines) is 1. The first-order valence-corrected chi connectivity index (χ1v) is 9.79. The van der Waals surface area contributed by atoms with Crippen molar-refractivity contribution in [2.24, 2.45) is 12.0 Å². The summed E-state index contributed by atoms with van der Waals surface area (Å²) in [6.45, 7) is 2.56. The van der Waals surface area contributed by atoms with E-state index in [4.69, 9.17) is 4.74 Å². The Morgan fingerprint density at radius 2 is 2.10 bits per heavy atom. The van der Waals surface area contributed by atoms with Crippen LogP contribution in [0.1, 0.15) is 23.6 Å². The fourth-order valence-electron chi connectivity index (χ4n) is 3.71. The number of aryl methyl sites for hydroxylation is 1. The van der Waals surface area contributed by atoms with Crippen molar-refractivity contribution in [2.45, 2.75) is 18.9 Å². The van der Waals surface area contributed by atoms with Crippen molar-refractivity contribution >= 4 is 5.96 Å². The summed E-state index contributed by atoms with van der Waals surface area (Å²) in [4.78, 5) is 6.77. The van der Waals surface area contributed by atoms with Crippen LogP contribution in [-0.4, -0.2) is 57.7 Å². The third-order valence-corrected chi connectivity index (χ3v) is 5.30. The van der Waals surface area contributed by atoms with Gasteiger partial charge in [-0.25, -0.2) is 4.68 Å². The Bertz CT molecular complexity index is 973. The molecule has 1 atom stereocenters. The van der Waals surface area contributed by atoms with Gasteiger partial charge in [-0.3, -0.25) is 9.67 Å². The van der Waals surface area contributed by atoms with E-state index in [1.165, 1.54) is 5.56 Å². The summed E-state index contributed by atoms with van der Waals surface area (Å²) in [5, 5.41) is 12.4. The zero-order valence-corrected chi connectivity index (χ0v) is 17.1. The van der Waals surface area contributed by atoms with E-state index in [2.05, 4.69) is 31.6 Å². The Morgan fingerprint density at radius 1 is 1.28 bits per heavy atom. The Kier molecular flexibility index (Phi) is 5.50. The molecule has 1 saturated heterocycles. The van der Waals surface area contributed by atoms with Gasteiger partial charge in [-0.05, 0) is 42.3 Å². The molecule has 2 aromatic heterocycles. The van der Waals surface area contributed by atoms with Crippen molar-refractivity contribution in [2.75, 3.05) is 27.2 Å². The van der Waals surface area contributed by atoms with Crippen LogP contribution < -0.4 is 10.1 Å². The van der Waals surface area contributed by atoms with Crippen LogP contribution in [0.4, 0.5) is 0 Å². The Balaban J connectivity index is 1.35. The molecule has 0 radical (unpaired) electrons. The standard InChI is InChI=1S/C21H27N7O/c1-22-21(27-10-8-16(15-27)17-12-24-26(2)14-17)23-13-18-9-11-28(25-18)19-4-6-20(29-3)7-5-19/h4-7,9,11-12,14,16H,8,10,13,15H2,1-3H3,(H,22,23). The van der Waals surface area contributed by atoms with Gasteiger partial charge in [-0.15, -0.1) is 0 Å². The molecule has 8 nitrogen and oxygen atoms in total. The third kappa shape index (κ3) is 4.26. The van der Waals surface area contributed by atoms with Crippen molar-refractivity contribution in [3.05, 3.63) is 60.2 Å². The predicted molar refractivity (Wildman–Crippen MR) is 112 cm³/mol. The van der Waals surface area contributed by atoms with Crippen molar-refractivity contribution in [1.82, 2.24) is 29.8 Å². The van der Waals surface area contributed by atoms with Crippen LogP contribution in [0.5, 0.6) is 5.75 Å².